The SMILES string of the molecule is O=S(=O)(c1ccc(-c2ccccc2)cc1)N1CCCC(CO)C1. The molecule has 0 aliphatic carbocycles. The summed E-state index contributed by atoms with van der Waals surface area (Å²) in [7, 11) is -3.48. The quantitative estimate of drug-likeness (QED) is 0.937. The topological polar surface area (TPSA) is 57.6 Å². The Morgan fingerprint density at radius 1 is 1.00 bits per heavy atom. The Morgan fingerprint density at radius 3 is 2.30 bits per heavy atom. The van der Waals surface area contributed by atoms with Gasteiger partial charge in [0.25, 0.3) is 0 Å². The number of hydrogen-bond donors (Lipinski definition) is 1. The zero-order valence-corrected chi connectivity index (χ0v) is 13.7. The molecular weight excluding hydrogens is 310 g/mol. The number of benzene rings is 2. The molecule has 1 N–H and O–H groups in total. The summed E-state index contributed by atoms with van der Waals surface area (Å²) in [5.74, 6) is 0.0436. The molecule has 0 amide bonds. The van der Waals surface area contributed by atoms with E-state index in [1.807, 2.05) is 42.5 Å². The molecule has 1 aliphatic rings. The van der Waals surface area contributed by atoms with Gasteiger partial charge in [-0.2, -0.15) is 4.31 Å². The van der Waals surface area contributed by atoms with Crippen LogP contribution in [0.2, 0.25) is 0 Å². The third kappa shape index (κ3) is 3.47. The Kier molecular flexibility index (Phi) is 4.80. The molecule has 3 rings (SSSR count). The molecule has 0 bridgehead atoms. The number of piperidine rings is 1. The molecule has 1 fully saturated rings. The summed E-state index contributed by atoms with van der Waals surface area (Å²) < 4.78 is 27.0. The highest BCUT2D eigenvalue weighted by Crippen LogP contribution is 2.26. The maximum Gasteiger partial charge on any atom is 0.243 e. The van der Waals surface area contributed by atoms with Crippen molar-refractivity contribution in [2.24, 2.45) is 5.92 Å². The average Bonchev–Trinajstić information content (AvgIpc) is 2.62. The number of aliphatic hydroxyl groups excluding tert-OH is 1. The van der Waals surface area contributed by atoms with Crippen LogP contribution >= 0.6 is 0 Å². The minimum Gasteiger partial charge on any atom is -0.396 e. The lowest BCUT2D eigenvalue weighted by molar-refractivity contribution is 0.165. The first-order valence-electron chi connectivity index (χ1n) is 7.88. The Labute approximate surface area is 137 Å². The van der Waals surface area contributed by atoms with Gasteiger partial charge in [0.2, 0.25) is 10.0 Å². The van der Waals surface area contributed by atoms with Gasteiger partial charge in [-0.25, -0.2) is 8.42 Å². The first-order chi connectivity index (χ1) is 11.1. The van der Waals surface area contributed by atoms with Crippen molar-refractivity contribution in [3.05, 3.63) is 54.6 Å². The summed E-state index contributed by atoms with van der Waals surface area (Å²) in [6.07, 6.45) is 1.68. The van der Waals surface area contributed by atoms with E-state index >= 15 is 0 Å². The summed E-state index contributed by atoms with van der Waals surface area (Å²) in [6, 6.07) is 16.9. The van der Waals surface area contributed by atoms with Crippen molar-refractivity contribution in [2.75, 3.05) is 19.7 Å². The molecule has 1 atom stereocenters. The first kappa shape index (κ1) is 16.2. The highest BCUT2D eigenvalue weighted by atomic mass is 32.2. The molecule has 1 heterocycles. The van der Waals surface area contributed by atoms with E-state index in [4.69, 9.17) is 0 Å². The summed E-state index contributed by atoms with van der Waals surface area (Å²) in [4.78, 5) is 0.316. The van der Waals surface area contributed by atoms with E-state index in [0.29, 0.717) is 18.0 Å². The molecule has 4 nitrogen and oxygen atoms in total. The minimum atomic E-state index is -3.48. The monoisotopic (exact) mass is 331 g/mol. The molecule has 1 aliphatic heterocycles. The molecular formula is C18H21NO3S. The molecule has 5 heteroatoms. The molecule has 0 radical (unpaired) electrons. The fourth-order valence-electron chi connectivity index (χ4n) is 2.99. The van der Waals surface area contributed by atoms with E-state index in [1.165, 1.54) is 4.31 Å². The van der Waals surface area contributed by atoms with Gasteiger partial charge >= 0.3 is 0 Å². The van der Waals surface area contributed by atoms with E-state index < -0.39 is 10.0 Å². The third-order valence-corrected chi connectivity index (χ3v) is 6.22. The number of sulfonamides is 1. The molecule has 2 aromatic rings. The van der Waals surface area contributed by atoms with Crippen LogP contribution in [-0.4, -0.2) is 37.5 Å². The zero-order valence-electron chi connectivity index (χ0n) is 12.9. The second-order valence-corrected chi connectivity index (χ2v) is 7.88. The largest absolute Gasteiger partial charge is 0.396 e. The van der Waals surface area contributed by atoms with Crippen LogP contribution in [0.15, 0.2) is 59.5 Å². The molecule has 1 saturated heterocycles. The van der Waals surface area contributed by atoms with Gasteiger partial charge in [-0.05, 0) is 42.0 Å². The minimum absolute atomic E-state index is 0.0406. The van der Waals surface area contributed by atoms with Gasteiger partial charge in [0.1, 0.15) is 0 Å². The molecule has 122 valence electrons. The summed E-state index contributed by atoms with van der Waals surface area (Å²) >= 11 is 0. The van der Waals surface area contributed by atoms with Crippen LogP contribution in [0.3, 0.4) is 0 Å². The second kappa shape index (κ2) is 6.83. The number of aliphatic hydroxyl groups is 1. The zero-order chi connectivity index (χ0) is 16.3. The maximum absolute atomic E-state index is 12.7. The first-order valence-corrected chi connectivity index (χ1v) is 9.32. The summed E-state index contributed by atoms with van der Waals surface area (Å²) in [5, 5.41) is 9.29. The molecule has 0 spiro atoms. The van der Waals surface area contributed by atoms with Gasteiger partial charge in [0.15, 0.2) is 0 Å². The van der Waals surface area contributed by atoms with Gasteiger partial charge in [-0.15, -0.1) is 0 Å². The van der Waals surface area contributed by atoms with Crippen LogP contribution in [-0.2, 0) is 10.0 Å². The number of nitrogens with zero attached hydrogens (tertiary/aromatic N) is 1. The Bertz CT molecular complexity index is 742. The Morgan fingerprint density at radius 2 is 1.65 bits per heavy atom. The van der Waals surface area contributed by atoms with Gasteiger partial charge in [0, 0.05) is 19.7 Å². The van der Waals surface area contributed by atoms with Crippen molar-refractivity contribution >= 4 is 10.0 Å². The maximum atomic E-state index is 12.7. The van der Waals surface area contributed by atoms with Crippen molar-refractivity contribution in [1.82, 2.24) is 4.31 Å². The van der Waals surface area contributed by atoms with Crippen LogP contribution in [0.25, 0.3) is 11.1 Å². The highest BCUT2D eigenvalue weighted by Gasteiger charge is 2.29. The predicted molar refractivity (Wildman–Crippen MR) is 90.4 cm³/mol. The molecule has 0 aromatic heterocycles. The van der Waals surface area contributed by atoms with Crippen LogP contribution < -0.4 is 0 Å². The molecule has 1 unspecified atom stereocenters. The fraction of sp³-hybridized carbons (Fsp3) is 0.333. The van der Waals surface area contributed by atoms with E-state index in [2.05, 4.69) is 0 Å². The van der Waals surface area contributed by atoms with Crippen molar-refractivity contribution < 1.29 is 13.5 Å². The summed E-state index contributed by atoms with van der Waals surface area (Å²) in [5.41, 5.74) is 2.06. The number of hydrogen-bond acceptors (Lipinski definition) is 3. The van der Waals surface area contributed by atoms with Crippen molar-refractivity contribution in [3.63, 3.8) is 0 Å². The van der Waals surface area contributed by atoms with Gasteiger partial charge in [-0.1, -0.05) is 42.5 Å². The van der Waals surface area contributed by atoms with Gasteiger partial charge in [-0.3, -0.25) is 0 Å². The predicted octanol–water partition coefficient (Wildman–Crippen LogP) is 2.75. The smallest absolute Gasteiger partial charge is 0.243 e. The highest BCUT2D eigenvalue weighted by molar-refractivity contribution is 7.89. The lowest BCUT2D eigenvalue weighted by atomic mass is 10.0. The van der Waals surface area contributed by atoms with Crippen LogP contribution in [0, 0.1) is 5.92 Å². The summed E-state index contributed by atoms with van der Waals surface area (Å²) in [6.45, 7) is 0.970. The lowest BCUT2D eigenvalue weighted by Gasteiger charge is -2.30. The third-order valence-electron chi connectivity index (χ3n) is 4.34. The number of rotatable bonds is 4. The average molecular weight is 331 g/mol. The molecule has 2 aromatic carbocycles. The van der Waals surface area contributed by atoms with Gasteiger partial charge < -0.3 is 5.11 Å². The van der Waals surface area contributed by atoms with Crippen molar-refractivity contribution in [2.45, 2.75) is 17.7 Å². The van der Waals surface area contributed by atoms with E-state index in [1.54, 1.807) is 12.1 Å². The standard InChI is InChI=1S/C18H21NO3S/c20-14-15-5-4-12-19(13-15)23(21,22)18-10-8-17(9-11-18)16-6-2-1-3-7-16/h1-3,6-11,15,20H,4-5,12-14H2. The lowest BCUT2D eigenvalue weighted by Crippen LogP contribution is -2.40. The Balaban J connectivity index is 1.83. The molecule has 0 saturated carbocycles. The van der Waals surface area contributed by atoms with Crippen LogP contribution in [0.5, 0.6) is 0 Å². The van der Waals surface area contributed by atoms with Crippen molar-refractivity contribution in [3.8, 4) is 11.1 Å². The normalized spacial score (nSPS) is 19.6. The van der Waals surface area contributed by atoms with Gasteiger partial charge in [0.05, 0.1) is 4.90 Å². The molecule has 23 heavy (non-hydrogen) atoms. The van der Waals surface area contributed by atoms with E-state index in [0.717, 1.165) is 24.0 Å². The van der Waals surface area contributed by atoms with E-state index in [-0.39, 0.29) is 12.5 Å². The Hall–Kier alpha value is -1.69. The van der Waals surface area contributed by atoms with E-state index in [9.17, 15) is 13.5 Å². The van der Waals surface area contributed by atoms with Crippen LogP contribution in [0.1, 0.15) is 12.8 Å². The van der Waals surface area contributed by atoms with Crippen LogP contribution in [0.4, 0.5) is 0 Å². The van der Waals surface area contributed by atoms with Crippen molar-refractivity contribution in [1.29, 1.82) is 0 Å². The fourth-order valence-corrected chi connectivity index (χ4v) is 4.55. The second-order valence-electron chi connectivity index (χ2n) is 5.94.